The van der Waals surface area contributed by atoms with Gasteiger partial charge in [-0.25, -0.2) is 0 Å². The van der Waals surface area contributed by atoms with Crippen LogP contribution in [0.25, 0.3) is 11.4 Å². The summed E-state index contributed by atoms with van der Waals surface area (Å²) in [6.45, 7) is 6.21. The Labute approximate surface area is 121 Å². The van der Waals surface area contributed by atoms with E-state index in [9.17, 15) is 0 Å². The van der Waals surface area contributed by atoms with Gasteiger partial charge in [0.2, 0.25) is 11.7 Å². The van der Waals surface area contributed by atoms with E-state index in [0.29, 0.717) is 11.7 Å². The Hall–Kier alpha value is -1.20. The van der Waals surface area contributed by atoms with Crippen LogP contribution in [0.2, 0.25) is 0 Å². The van der Waals surface area contributed by atoms with Gasteiger partial charge in [-0.05, 0) is 38.6 Å². The topological polar surface area (TPSA) is 51.0 Å². The highest BCUT2D eigenvalue weighted by Crippen LogP contribution is 2.28. The third kappa shape index (κ3) is 3.04. The van der Waals surface area contributed by atoms with Crippen molar-refractivity contribution in [3.05, 3.63) is 34.1 Å². The number of hydrogen-bond donors (Lipinski definition) is 1. The molecule has 0 amide bonds. The summed E-state index contributed by atoms with van der Waals surface area (Å²) in [6, 6.07) is 6.37. The number of nitrogens with zero attached hydrogens (tertiary/aromatic N) is 2. The number of nitrogens with one attached hydrogen (secondary N) is 1. The highest BCUT2D eigenvalue weighted by molar-refractivity contribution is 9.10. The Kier molecular flexibility index (Phi) is 4.37. The normalized spacial score (nSPS) is 14.4. The Morgan fingerprint density at radius 1 is 1.32 bits per heavy atom. The second-order valence-corrected chi connectivity index (χ2v) is 5.66. The molecule has 0 spiro atoms. The fourth-order valence-electron chi connectivity index (χ4n) is 1.79. The number of benzene rings is 1. The average molecular weight is 324 g/mol. The van der Waals surface area contributed by atoms with E-state index in [-0.39, 0.29) is 12.0 Å². The van der Waals surface area contributed by atoms with Gasteiger partial charge in [-0.15, -0.1) is 0 Å². The van der Waals surface area contributed by atoms with Crippen LogP contribution in [0, 0.1) is 6.92 Å². The standard InChI is InChI=1S/C14H18BrN3O/c1-8-5-6-11(12(15)7-8)13-17-14(19-18-13)9(2)10(3)16-4/h5-7,9-10,16H,1-4H3. The lowest BCUT2D eigenvalue weighted by molar-refractivity contribution is 0.336. The lowest BCUT2D eigenvalue weighted by atomic mass is 10.0. The molecule has 0 aliphatic carbocycles. The number of likely N-dealkylation sites (N-methyl/N-ethyl adjacent to an activating group) is 1. The van der Waals surface area contributed by atoms with Crippen molar-refractivity contribution in [2.75, 3.05) is 7.05 Å². The first-order chi connectivity index (χ1) is 9.02. The molecule has 2 unspecified atom stereocenters. The summed E-state index contributed by atoms with van der Waals surface area (Å²) in [6.07, 6.45) is 0. The molecule has 0 saturated heterocycles. The average Bonchev–Trinajstić information content (AvgIpc) is 2.86. The minimum Gasteiger partial charge on any atom is -0.339 e. The van der Waals surface area contributed by atoms with Crippen molar-refractivity contribution in [2.24, 2.45) is 0 Å². The van der Waals surface area contributed by atoms with Gasteiger partial charge in [-0.2, -0.15) is 4.98 Å². The third-order valence-corrected chi connectivity index (χ3v) is 4.06. The highest BCUT2D eigenvalue weighted by Gasteiger charge is 2.20. The molecule has 0 aliphatic rings. The van der Waals surface area contributed by atoms with Crippen molar-refractivity contribution in [2.45, 2.75) is 32.7 Å². The molecule has 2 atom stereocenters. The van der Waals surface area contributed by atoms with Crippen LogP contribution in [0.5, 0.6) is 0 Å². The Bertz CT molecular complexity index is 568. The molecule has 2 aromatic rings. The van der Waals surface area contributed by atoms with Crippen LogP contribution >= 0.6 is 15.9 Å². The van der Waals surface area contributed by atoms with E-state index < -0.39 is 0 Å². The smallest absolute Gasteiger partial charge is 0.231 e. The molecule has 1 aromatic heterocycles. The molecule has 0 bridgehead atoms. The molecule has 0 aliphatic heterocycles. The molecule has 1 aromatic carbocycles. The highest BCUT2D eigenvalue weighted by atomic mass is 79.9. The molecule has 4 nitrogen and oxygen atoms in total. The summed E-state index contributed by atoms with van der Waals surface area (Å²) in [5.41, 5.74) is 2.14. The lowest BCUT2D eigenvalue weighted by Gasteiger charge is -2.14. The summed E-state index contributed by atoms with van der Waals surface area (Å²) < 4.78 is 6.35. The van der Waals surface area contributed by atoms with Gasteiger partial charge in [0, 0.05) is 16.1 Å². The fraction of sp³-hybridized carbons (Fsp3) is 0.429. The minimum atomic E-state index is 0.176. The first-order valence-electron chi connectivity index (χ1n) is 6.30. The monoisotopic (exact) mass is 323 g/mol. The van der Waals surface area contributed by atoms with Crippen LogP contribution in [0.4, 0.5) is 0 Å². The summed E-state index contributed by atoms with van der Waals surface area (Å²) in [7, 11) is 1.93. The molecular formula is C14H18BrN3O. The Morgan fingerprint density at radius 2 is 2.05 bits per heavy atom. The molecule has 1 N–H and O–H groups in total. The van der Waals surface area contributed by atoms with Gasteiger partial charge < -0.3 is 9.84 Å². The van der Waals surface area contributed by atoms with Crippen LogP contribution in [0.3, 0.4) is 0 Å². The van der Waals surface area contributed by atoms with Gasteiger partial charge in [0.15, 0.2) is 0 Å². The molecule has 0 radical (unpaired) electrons. The number of hydrogen-bond acceptors (Lipinski definition) is 4. The zero-order valence-electron chi connectivity index (χ0n) is 11.6. The van der Waals surface area contributed by atoms with Crippen molar-refractivity contribution in [3.63, 3.8) is 0 Å². The second-order valence-electron chi connectivity index (χ2n) is 4.81. The van der Waals surface area contributed by atoms with Crippen molar-refractivity contribution in [1.82, 2.24) is 15.5 Å². The molecule has 0 fully saturated rings. The SMILES string of the molecule is CNC(C)C(C)c1nc(-c2ccc(C)cc2Br)no1. The largest absolute Gasteiger partial charge is 0.339 e. The predicted octanol–water partition coefficient (Wildman–Crippen LogP) is 3.52. The number of aryl methyl sites for hydroxylation is 1. The van der Waals surface area contributed by atoms with Crippen molar-refractivity contribution in [1.29, 1.82) is 0 Å². The second kappa shape index (κ2) is 5.84. The number of aromatic nitrogens is 2. The summed E-state index contributed by atoms with van der Waals surface area (Å²) in [5, 5.41) is 7.26. The molecular weight excluding hydrogens is 306 g/mol. The van der Waals surface area contributed by atoms with Gasteiger partial charge in [0.25, 0.3) is 0 Å². The fourth-order valence-corrected chi connectivity index (χ4v) is 2.47. The minimum absolute atomic E-state index is 0.176. The first kappa shape index (κ1) is 14.2. The maximum atomic E-state index is 5.37. The van der Waals surface area contributed by atoms with Gasteiger partial charge >= 0.3 is 0 Å². The molecule has 0 saturated carbocycles. The molecule has 2 rings (SSSR count). The van der Waals surface area contributed by atoms with Crippen molar-refractivity contribution in [3.8, 4) is 11.4 Å². The number of rotatable bonds is 4. The van der Waals surface area contributed by atoms with Crippen LogP contribution < -0.4 is 5.32 Å². The molecule has 19 heavy (non-hydrogen) atoms. The number of halogens is 1. The first-order valence-corrected chi connectivity index (χ1v) is 7.09. The van der Waals surface area contributed by atoms with Gasteiger partial charge in [0.1, 0.15) is 0 Å². The Morgan fingerprint density at radius 3 is 2.68 bits per heavy atom. The summed E-state index contributed by atoms with van der Waals surface area (Å²) in [5.74, 6) is 1.46. The summed E-state index contributed by atoms with van der Waals surface area (Å²) in [4.78, 5) is 4.49. The van der Waals surface area contributed by atoms with Gasteiger partial charge in [-0.3, -0.25) is 0 Å². The quantitative estimate of drug-likeness (QED) is 0.935. The van der Waals surface area contributed by atoms with E-state index in [0.717, 1.165) is 10.0 Å². The van der Waals surface area contributed by atoms with Crippen LogP contribution in [-0.4, -0.2) is 23.2 Å². The summed E-state index contributed by atoms with van der Waals surface area (Å²) >= 11 is 3.54. The third-order valence-electron chi connectivity index (χ3n) is 3.40. The van der Waals surface area contributed by atoms with E-state index in [2.05, 4.69) is 45.2 Å². The van der Waals surface area contributed by atoms with E-state index in [1.807, 2.05) is 32.2 Å². The lowest BCUT2D eigenvalue weighted by Crippen LogP contribution is -2.27. The van der Waals surface area contributed by atoms with Gasteiger partial charge in [0.05, 0.1) is 5.92 Å². The molecule has 1 heterocycles. The van der Waals surface area contributed by atoms with E-state index in [1.165, 1.54) is 5.56 Å². The van der Waals surface area contributed by atoms with E-state index >= 15 is 0 Å². The van der Waals surface area contributed by atoms with Crippen LogP contribution in [0.1, 0.15) is 31.2 Å². The van der Waals surface area contributed by atoms with Crippen molar-refractivity contribution < 1.29 is 4.52 Å². The van der Waals surface area contributed by atoms with Crippen LogP contribution in [-0.2, 0) is 0 Å². The maximum absolute atomic E-state index is 5.37. The molecule has 102 valence electrons. The zero-order chi connectivity index (χ0) is 14.0. The molecule has 5 heteroatoms. The van der Waals surface area contributed by atoms with Crippen LogP contribution in [0.15, 0.2) is 27.2 Å². The Balaban J connectivity index is 2.30. The van der Waals surface area contributed by atoms with Crippen molar-refractivity contribution >= 4 is 15.9 Å². The van der Waals surface area contributed by atoms with E-state index in [1.54, 1.807) is 0 Å². The van der Waals surface area contributed by atoms with Gasteiger partial charge in [-0.1, -0.05) is 34.1 Å². The van der Waals surface area contributed by atoms with E-state index in [4.69, 9.17) is 4.52 Å². The maximum Gasteiger partial charge on any atom is 0.231 e. The zero-order valence-corrected chi connectivity index (χ0v) is 13.2. The predicted molar refractivity (Wildman–Crippen MR) is 79.1 cm³/mol.